The zero-order chi connectivity index (χ0) is 13.9. The van der Waals surface area contributed by atoms with Crippen LogP contribution in [0, 0.1) is 6.92 Å². The number of likely N-dealkylation sites (N-methyl/N-ethyl adjacent to an activating group) is 1. The average molecular weight is 265 g/mol. The molecule has 1 aromatic rings. The van der Waals surface area contributed by atoms with E-state index < -0.39 is 0 Å². The minimum Gasteiger partial charge on any atom is -0.494 e. The van der Waals surface area contributed by atoms with Crippen LogP contribution in [0.25, 0.3) is 0 Å². The van der Waals surface area contributed by atoms with Crippen molar-refractivity contribution in [3.63, 3.8) is 0 Å². The van der Waals surface area contributed by atoms with Gasteiger partial charge in [-0.2, -0.15) is 0 Å². The van der Waals surface area contributed by atoms with Crippen LogP contribution in [-0.4, -0.2) is 32.4 Å². The lowest BCUT2D eigenvalue weighted by molar-refractivity contribution is 0.104. The van der Waals surface area contributed by atoms with E-state index in [-0.39, 0.29) is 0 Å². The molecular formula is C16H27NO2. The molecule has 1 N–H and O–H groups in total. The molecule has 0 aliphatic rings. The van der Waals surface area contributed by atoms with Crippen molar-refractivity contribution >= 4 is 0 Å². The molecule has 0 bridgehead atoms. The van der Waals surface area contributed by atoms with Crippen LogP contribution in [-0.2, 0) is 4.74 Å². The SMILES string of the molecule is CCCOCC(CCOc1cccc(C)c1)NCC. The highest BCUT2D eigenvalue weighted by Gasteiger charge is 2.07. The Labute approximate surface area is 117 Å². The number of hydrogen-bond donors (Lipinski definition) is 1. The zero-order valence-corrected chi connectivity index (χ0v) is 12.4. The molecule has 0 spiro atoms. The molecule has 3 nitrogen and oxygen atoms in total. The first-order valence-electron chi connectivity index (χ1n) is 7.26. The van der Waals surface area contributed by atoms with E-state index in [1.165, 1.54) is 5.56 Å². The summed E-state index contributed by atoms with van der Waals surface area (Å²) in [6.45, 7) is 9.60. The van der Waals surface area contributed by atoms with Crippen molar-refractivity contribution in [2.24, 2.45) is 0 Å². The standard InChI is InChI=1S/C16H27NO2/c1-4-10-18-13-15(17-5-2)9-11-19-16-8-6-7-14(3)12-16/h6-8,12,15,17H,4-5,9-11,13H2,1-3H3. The van der Waals surface area contributed by atoms with Gasteiger partial charge in [-0.3, -0.25) is 0 Å². The lowest BCUT2D eigenvalue weighted by atomic mass is 10.2. The molecule has 0 aliphatic heterocycles. The minimum absolute atomic E-state index is 0.376. The zero-order valence-electron chi connectivity index (χ0n) is 12.4. The summed E-state index contributed by atoms with van der Waals surface area (Å²) in [4.78, 5) is 0. The molecule has 1 aromatic carbocycles. The van der Waals surface area contributed by atoms with E-state index in [0.29, 0.717) is 6.04 Å². The summed E-state index contributed by atoms with van der Waals surface area (Å²) in [6.07, 6.45) is 2.03. The summed E-state index contributed by atoms with van der Waals surface area (Å²) in [5.41, 5.74) is 1.23. The molecule has 1 rings (SSSR count). The van der Waals surface area contributed by atoms with Crippen LogP contribution >= 0.6 is 0 Å². The fourth-order valence-electron chi connectivity index (χ4n) is 1.93. The lowest BCUT2D eigenvalue weighted by Crippen LogP contribution is -2.34. The van der Waals surface area contributed by atoms with Crippen LogP contribution in [0.4, 0.5) is 0 Å². The van der Waals surface area contributed by atoms with Gasteiger partial charge in [0, 0.05) is 12.6 Å². The van der Waals surface area contributed by atoms with E-state index >= 15 is 0 Å². The van der Waals surface area contributed by atoms with E-state index in [1.807, 2.05) is 12.1 Å². The van der Waals surface area contributed by atoms with Gasteiger partial charge in [0.1, 0.15) is 5.75 Å². The molecular weight excluding hydrogens is 238 g/mol. The number of nitrogens with one attached hydrogen (secondary N) is 1. The minimum atomic E-state index is 0.376. The van der Waals surface area contributed by atoms with Gasteiger partial charge in [-0.15, -0.1) is 0 Å². The molecule has 0 heterocycles. The summed E-state index contributed by atoms with van der Waals surface area (Å²) in [6, 6.07) is 8.55. The second kappa shape index (κ2) is 9.82. The van der Waals surface area contributed by atoms with E-state index in [9.17, 15) is 0 Å². The van der Waals surface area contributed by atoms with Gasteiger partial charge in [-0.25, -0.2) is 0 Å². The van der Waals surface area contributed by atoms with Gasteiger partial charge < -0.3 is 14.8 Å². The Hall–Kier alpha value is -1.06. The van der Waals surface area contributed by atoms with Gasteiger partial charge in [0.15, 0.2) is 0 Å². The summed E-state index contributed by atoms with van der Waals surface area (Å²) in [5.74, 6) is 0.949. The third-order valence-electron chi connectivity index (χ3n) is 2.88. The molecule has 0 fully saturated rings. The number of aryl methyl sites for hydroxylation is 1. The third kappa shape index (κ3) is 7.19. The van der Waals surface area contributed by atoms with Crippen LogP contribution in [0.1, 0.15) is 32.3 Å². The predicted molar refractivity (Wildman–Crippen MR) is 79.9 cm³/mol. The fraction of sp³-hybridized carbons (Fsp3) is 0.625. The van der Waals surface area contributed by atoms with Crippen LogP contribution in [0.15, 0.2) is 24.3 Å². The van der Waals surface area contributed by atoms with E-state index in [0.717, 1.165) is 45.0 Å². The number of ether oxygens (including phenoxy) is 2. The van der Waals surface area contributed by atoms with Gasteiger partial charge in [-0.05, 0) is 44.0 Å². The lowest BCUT2D eigenvalue weighted by Gasteiger charge is -2.18. The Bertz CT molecular complexity index is 341. The van der Waals surface area contributed by atoms with E-state index in [4.69, 9.17) is 9.47 Å². The quantitative estimate of drug-likeness (QED) is 0.659. The van der Waals surface area contributed by atoms with Crippen LogP contribution in [0.2, 0.25) is 0 Å². The van der Waals surface area contributed by atoms with Crippen LogP contribution < -0.4 is 10.1 Å². The average Bonchev–Trinajstić information content (AvgIpc) is 2.39. The van der Waals surface area contributed by atoms with Gasteiger partial charge in [0.2, 0.25) is 0 Å². The van der Waals surface area contributed by atoms with E-state index in [1.54, 1.807) is 0 Å². The maximum absolute atomic E-state index is 5.77. The highest BCUT2D eigenvalue weighted by atomic mass is 16.5. The molecule has 0 amide bonds. The second-order valence-corrected chi connectivity index (χ2v) is 4.78. The predicted octanol–water partition coefficient (Wildman–Crippen LogP) is 3.17. The molecule has 0 aliphatic carbocycles. The number of rotatable bonds is 10. The maximum Gasteiger partial charge on any atom is 0.119 e. The molecule has 1 atom stereocenters. The molecule has 0 radical (unpaired) electrons. The first-order valence-corrected chi connectivity index (χ1v) is 7.26. The Morgan fingerprint density at radius 1 is 1.21 bits per heavy atom. The third-order valence-corrected chi connectivity index (χ3v) is 2.88. The first kappa shape index (κ1) is 16.0. The van der Waals surface area contributed by atoms with Crippen LogP contribution in [0.5, 0.6) is 5.75 Å². The topological polar surface area (TPSA) is 30.5 Å². The Morgan fingerprint density at radius 2 is 2.05 bits per heavy atom. The molecule has 19 heavy (non-hydrogen) atoms. The van der Waals surface area contributed by atoms with Crippen molar-refractivity contribution in [2.75, 3.05) is 26.4 Å². The molecule has 108 valence electrons. The van der Waals surface area contributed by atoms with Gasteiger partial charge in [0.25, 0.3) is 0 Å². The molecule has 0 saturated heterocycles. The normalized spacial score (nSPS) is 12.4. The Kier molecular flexibility index (Phi) is 8.26. The highest BCUT2D eigenvalue weighted by molar-refractivity contribution is 5.27. The largest absolute Gasteiger partial charge is 0.494 e. The molecule has 3 heteroatoms. The fourth-order valence-corrected chi connectivity index (χ4v) is 1.93. The van der Waals surface area contributed by atoms with Crippen molar-refractivity contribution in [3.8, 4) is 5.75 Å². The van der Waals surface area contributed by atoms with Crippen molar-refractivity contribution in [2.45, 2.75) is 39.7 Å². The second-order valence-electron chi connectivity index (χ2n) is 4.78. The Morgan fingerprint density at radius 3 is 2.74 bits per heavy atom. The van der Waals surface area contributed by atoms with Crippen LogP contribution in [0.3, 0.4) is 0 Å². The summed E-state index contributed by atoms with van der Waals surface area (Å²) in [7, 11) is 0. The smallest absolute Gasteiger partial charge is 0.119 e. The molecule has 1 unspecified atom stereocenters. The summed E-state index contributed by atoms with van der Waals surface area (Å²) in [5, 5.41) is 3.43. The van der Waals surface area contributed by atoms with Gasteiger partial charge >= 0.3 is 0 Å². The molecule has 0 aromatic heterocycles. The van der Waals surface area contributed by atoms with Crippen molar-refractivity contribution in [1.82, 2.24) is 5.32 Å². The highest BCUT2D eigenvalue weighted by Crippen LogP contribution is 2.12. The van der Waals surface area contributed by atoms with Gasteiger partial charge in [0.05, 0.1) is 13.2 Å². The van der Waals surface area contributed by atoms with Gasteiger partial charge in [-0.1, -0.05) is 26.0 Å². The Balaban J connectivity index is 2.27. The van der Waals surface area contributed by atoms with Crippen molar-refractivity contribution in [1.29, 1.82) is 0 Å². The summed E-state index contributed by atoms with van der Waals surface area (Å²) < 4.78 is 11.4. The van der Waals surface area contributed by atoms with Crippen molar-refractivity contribution in [3.05, 3.63) is 29.8 Å². The number of benzene rings is 1. The maximum atomic E-state index is 5.77. The summed E-state index contributed by atoms with van der Waals surface area (Å²) >= 11 is 0. The molecule has 0 saturated carbocycles. The van der Waals surface area contributed by atoms with E-state index in [2.05, 4.69) is 38.2 Å². The van der Waals surface area contributed by atoms with Crippen molar-refractivity contribution < 1.29 is 9.47 Å². The monoisotopic (exact) mass is 265 g/mol. The first-order chi connectivity index (χ1) is 9.26. The number of hydrogen-bond acceptors (Lipinski definition) is 3.